The lowest BCUT2D eigenvalue weighted by Crippen LogP contribution is -2.48. The van der Waals surface area contributed by atoms with Crippen LogP contribution in [0.3, 0.4) is 0 Å². The van der Waals surface area contributed by atoms with Crippen molar-refractivity contribution < 1.29 is 38.3 Å². The number of halogens is 2. The van der Waals surface area contributed by atoms with Gasteiger partial charge in [-0.3, -0.25) is 19.2 Å². The number of carbonyl (C=O) groups excluding carboxylic acids is 4. The maximum atomic E-state index is 17.1. The number of hydrogen-bond donors (Lipinski definition) is 3. The van der Waals surface area contributed by atoms with Crippen LogP contribution in [0, 0.1) is 19.7 Å². The molecule has 3 amide bonds. The van der Waals surface area contributed by atoms with E-state index < -0.39 is 23.9 Å². The van der Waals surface area contributed by atoms with Gasteiger partial charge in [0.1, 0.15) is 22.8 Å². The Labute approximate surface area is 437 Å². The van der Waals surface area contributed by atoms with Crippen LogP contribution in [0.15, 0.2) is 82.8 Å². The fourth-order valence-electron chi connectivity index (χ4n) is 10.2. The zero-order chi connectivity index (χ0) is 52.4. The number of aryl methyl sites for hydroxylation is 2. The smallest absolute Gasteiger partial charge is 0.234 e. The van der Waals surface area contributed by atoms with E-state index in [1.807, 2.05) is 72.8 Å². The van der Waals surface area contributed by atoms with Crippen LogP contribution < -0.4 is 10.2 Å². The summed E-state index contributed by atoms with van der Waals surface area (Å²) in [5, 5.41) is 30.5. The van der Waals surface area contributed by atoms with Crippen LogP contribution in [0.1, 0.15) is 80.5 Å². The Morgan fingerprint density at radius 3 is 2.46 bits per heavy atom. The van der Waals surface area contributed by atoms with Crippen molar-refractivity contribution in [2.24, 2.45) is 0 Å². The number of aliphatic hydroxyl groups excluding tert-OH is 1. The minimum absolute atomic E-state index is 0.00865. The number of fused-ring (bicyclic) bond motifs is 2. The zero-order valence-electron chi connectivity index (χ0n) is 42.0. The number of anilines is 2. The van der Waals surface area contributed by atoms with Crippen molar-refractivity contribution in [3.63, 3.8) is 0 Å². The van der Waals surface area contributed by atoms with Crippen LogP contribution in [0.5, 0.6) is 5.75 Å². The molecule has 2 fully saturated rings. The van der Waals surface area contributed by atoms with Crippen LogP contribution >= 0.6 is 22.9 Å². The van der Waals surface area contributed by atoms with Crippen LogP contribution in [0.25, 0.3) is 43.2 Å². The van der Waals surface area contributed by atoms with E-state index in [1.165, 1.54) is 17.9 Å². The monoisotopic (exact) mass is 1040 g/mol. The molecule has 0 radical (unpaired) electrons. The maximum Gasteiger partial charge on any atom is 0.234 e. The third kappa shape index (κ3) is 11.1. The first kappa shape index (κ1) is 51.9. The van der Waals surface area contributed by atoms with E-state index in [-0.39, 0.29) is 96.0 Å². The Morgan fingerprint density at radius 2 is 1.76 bits per heavy atom. The van der Waals surface area contributed by atoms with E-state index in [1.54, 1.807) is 53.3 Å². The second-order valence-electron chi connectivity index (χ2n) is 19.4. The van der Waals surface area contributed by atoms with Crippen molar-refractivity contribution in [3.8, 4) is 27.3 Å². The highest BCUT2D eigenvalue weighted by Gasteiger charge is 2.42. The van der Waals surface area contributed by atoms with E-state index in [0.29, 0.717) is 78.1 Å². The molecule has 5 heterocycles. The van der Waals surface area contributed by atoms with Crippen molar-refractivity contribution in [2.45, 2.75) is 83.8 Å². The van der Waals surface area contributed by atoms with Gasteiger partial charge in [0.05, 0.1) is 44.9 Å². The number of Topliss-reactive ketones (excluding diaryl/α,β-unsaturated/α-hetero) is 1. The summed E-state index contributed by atoms with van der Waals surface area (Å²) in [6.07, 6.45) is 0.174. The van der Waals surface area contributed by atoms with Crippen molar-refractivity contribution in [1.82, 2.24) is 34.8 Å². The molecular formula is C55H59ClFN9O7S. The number of β-amino-alcohol motifs (C(OH)–C–C–N with tert-alkyl or cyclic N) is 1. The van der Waals surface area contributed by atoms with Crippen molar-refractivity contribution in [1.29, 1.82) is 0 Å². The minimum atomic E-state index is -0.866. The van der Waals surface area contributed by atoms with E-state index in [0.717, 1.165) is 21.7 Å². The molecule has 0 saturated carbocycles. The van der Waals surface area contributed by atoms with Crippen molar-refractivity contribution in [2.75, 3.05) is 63.1 Å². The number of likely N-dealkylation sites (tertiary alicyclic amines) is 1. The van der Waals surface area contributed by atoms with Gasteiger partial charge in [0.2, 0.25) is 23.7 Å². The summed E-state index contributed by atoms with van der Waals surface area (Å²) in [5.74, 6) is -1.57. The largest absolute Gasteiger partial charge is 0.508 e. The molecule has 3 N–H and O–H groups in total. The number of nitrogens with one attached hydrogen (secondary N) is 1. The standard InChI is InChI=1S/C55H59ClFN9O7S/c1-31(35-12-14-36(15-13-35)52-33(3)59-30-74-52)23-46(70)45-27-39(69)29-66(45)54(72)41(47-24-32(2)62-73-47)11-8-18-63(5)48(71)16-17-58-55-60-51-43(53(61-55)65-21-19-64(20-22-65)34(4)67)28-44(56)49(50(51)57)42-26-38(68)25-37-9-6-7-10-40(37)42/h6-7,9-10,12-15,24-26,28,30-31,39,41,45,68-69H,8,11,16-23,27,29H2,1-5H3,(H,58,60,61)/t31-,39-,41+,45+/m1/s1. The SMILES string of the molecule is CC(=O)N1CCN(c2nc(NCCC(=O)N(C)CCC[C@H](C(=O)N3C[C@H](O)C[C@H]3C(=O)C[C@@H](C)c3ccc(-c4scnc4C)cc3)c3cc(C)no3)nc3c(F)c(-c4cc(O)cc5ccccc45)c(Cl)cc23)CC1. The molecule has 7 aromatic rings. The number of ketones is 1. The number of amides is 3. The molecule has 19 heteroatoms. The number of benzene rings is 4. The Kier molecular flexibility index (Phi) is 15.6. The molecule has 4 aromatic carbocycles. The first-order valence-electron chi connectivity index (χ1n) is 24.9. The number of aromatic nitrogens is 4. The Morgan fingerprint density at radius 1 is 1.00 bits per heavy atom. The highest BCUT2D eigenvalue weighted by atomic mass is 35.5. The topological polar surface area (TPSA) is 198 Å². The Bertz CT molecular complexity index is 3230. The molecule has 74 heavy (non-hydrogen) atoms. The number of phenolic OH excluding ortho intramolecular Hbond substituents is 1. The van der Waals surface area contributed by atoms with Gasteiger partial charge in [0.15, 0.2) is 11.6 Å². The van der Waals surface area contributed by atoms with E-state index >= 15 is 4.39 Å². The van der Waals surface area contributed by atoms with Gasteiger partial charge in [0, 0.05) is 96.1 Å². The van der Waals surface area contributed by atoms with Crippen LogP contribution in [0.4, 0.5) is 16.2 Å². The lowest BCUT2D eigenvalue weighted by Gasteiger charge is -2.35. The first-order chi connectivity index (χ1) is 35.5. The third-order valence-corrected chi connectivity index (χ3v) is 15.5. The average molecular weight is 1040 g/mol. The number of aromatic hydroxyl groups is 1. The zero-order valence-corrected chi connectivity index (χ0v) is 43.6. The summed E-state index contributed by atoms with van der Waals surface area (Å²) in [5.41, 5.74) is 5.89. The van der Waals surface area contributed by atoms with Crippen LogP contribution in [-0.4, -0.2) is 134 Å². The molecule has 0 aliphatic carbocycles. The number of nitrogens with zero attached hydrogens (tertiary/aromatic N) is 8. The summed E-state index contributed by atoms with van der Waals surface area (Å²) in [7, 11) is 1.68. The third-order valence-electron chi connectivity index (χ3n) is 14.3. The van der Waals surface area contributed by atoms with Gasteiger partial charge in [-0.25, -0.2) is 14.4 Å². The molecule has 3 aromatic heterocycles. The second-order valence-corrected chi connectivity index (χ2v) is 20.7. The summed E-state index contributed by atoms with van der Waals surface area (Å²) in [4.78, 5) is 75.9. The molecule has 16 nitrogen and oxygen atoms in total. The molecule has 0 unspecified atom stereocenters. The molecule has 2 saturated heterocycles. The second kappa shape index (κ2) is 22.2. The van der Waals surface area contributed by atoms with Gasteiger partial charge in [-0.1, -0.05) is 72.2 Å². The van der Waals surface area contributed by atoms with Crippen LogP contribution in [0.2, 0.25) is 5.02 Å². The Hall–Kier alpha value is -7.02. The van der Waals surface area contributed by atoms with Gasteiger partial charge < -0.3 is 39.7 Å². The Balaban J connectivity index is 0.862. The predicted molar refractivity (Wildman–Crippen MR) is 284 cm³/mol. The van der Waals surface area contributed by atoms with E-state index in [9.17, 15) is 29.4 Å². The number of hydrogen-bond acceptors (Lipinski definition) is 14. The molecule has 0 spiro atoms. The quantitative estimate of drug-likeness (QED) is 0.0782. The number of phenols is 1. The fourth-order valence-corrected chi connectivity index (χ4v) is 11.3. The summed E-state index contributed by atoms with van der Waals surface area (Å²) >= 11 is 8.49. The number of carbonyl (C=O) groups is 4. The molecule has 4 atom stereocenters. The van der Waals surface area contributed by atoms with Gasteiger partial charge in [-0.15, -0.1) is 11.3 Å². The molecule has 0 bridgehead atoms. The molecule has 2 aliphatic rings. The lowest BCUT2D eigenvalue weighted by molar-refractivity contribution is -0.139. The van der Waals surface area contributed by atoms with E-state index in [2.05, 4.69) is 20.4 Å². The molecule has 2 aliphatic heterocycles. The fraction of sp³-hybridized carbons (Fsp3) is 0.382. The molecule has 386 valence electrons. The first-order valence-corrected chi connectivity index (χ1v) is 26.1. The number of rotatable bonds is 17. The van der Waals surface area contributed by atoms with Crippen molar-refractivity contribution in [3.05, 3.63) is 112 Å². The van der Waals surface area contributed by atoms with Crippen LogP contribution in [-0.2, 0) is 19.2 Å². The molecule has 9 rings (SSSR count). The van der Waals surface area contributed by atoms with Gasteiger partial charge in [-0.2, -0.15) is 4.98 Å². The summed E-state index contributed by atoms with van der Waals surface area (Å²) in [6, 6.07) is 21.0. The molecular weight excluding hydrogens is 985 g/mol. The summed E-state index contributed by atoms with van der Waals surface area (Å²) in [6.45, 7) is 9.38. The highest BCUT2D eigenvalue weighted by Crippen LogP contribution is 2.43. The average Bonchev–Trinajstić information content (AvgIpc) is 4.14. The number of aliphatic hydroxyl groups is 1. The lowest BCUT2D eigenvalue weighted by atomic mass is 9.91. The predicted octanol–water partition coefficient (Wildman–Crippen LogP) is 8.89. The summed E-state index contributed by atoms with van der Waals surface area (Å²) < 4.78 is 22.7. The van der Waals surface area contributed by atoms with Gasteiger partial charge in [0.25, 0.3) is 0 Å². The van der Waals surface area contributed by atoms with Gasteiger partial charge >= 0.3 is 0 Å². The van der Waals surface area contributed by atoms with Gasteiger partial charge in [-0.05, 0) is 78.3 Å². The van der Waals surface area contributed by atoms with Crippen molar-refractivity contribution >= 4 is 79.9 Å². The number of piperazine rings is 1. The van der Waals surface area contributed by atoms with E-state index in [4.69, 9.17) is 21.1 Å². The highest BCUT2D eigenvalue weighted by molar-refractivity contribution is 7.13. The maximum absolute atomic E-state index is 17.1. The normalized spacial score (nSPS) is 16.7. The number of thiazole rings is 1. The minimum Gasteiger partial charge on any atom is -0.508 e.